The molecule has 1 aromatic carbocycles. The van der Waals surface area contributed by atoms with Crippen molar-refractivity contribution in [2.45, 2.75) is 60.9 Å². The van der Waals surface area contributed by atoms with Crippen molar-refractivity contribution in [2.75, 3.05) is 13.1 Å². The van der Waals surface area contributed by atoms with Gasteiger partial charge in [-0.3, -0.25) is 0 Å². The van der Waals surface area contributed by atoms with Crippen LogP contribution in [0.25, 0.3) is 0 Å². The third kappa shape index (κ3) is 6.83. The molecule has 1 saturated heterocycles. The fourth-order valence-electron chi connectivity index (χ4n) is 3.27. The molecule has 0 radical (unpaired) electrons. The molecule has 1 aliphatic rings. The van der Waals surface area contributed by atoms with Crippen LogP contribution in [-0.4, -0.2) is 56.5 Å². The fourth-order valence-corrected chi connectivity index (χ4v) is 6.84. The molecule has 1 aromatic rings. The Kier molecular flexibility index (Phi) is 9.14. The van der Waals surface area contributed by atoms with Gasteiger partial charge in [0.1, 0.15) is 0 Å². The zero-order chi connectivity index (χ0) is 16.5. The van der Waals surface area contributed by atoms with E-state index < -0.39 is 0 Å². The van der Waals surface area contributed by atoms with Crippen molar-refractivity contribution in [3.8, 4) is 0 Å². The average Bonchev–Trinajstić information content (AvgIpc) is 3.04. The van der Waals surface area contributed by atoms with Gasteiger partial charge in [-0.05, 0) is 0 Å². The van der Waals surface area contributed by atoms with E-state index in [4.69, 9.17) is 0 Å². The maximum absolute atomic E-state index is 12.3. The first-order chi connectivity index (χ1) is 11.2. The van der Waals surface area contributed by atoms with Crippen molar-refractivity contribution in [3.05, 3.63) is 35.9 Å². The van der Waals surface area contributed by atoms with Crippen molar-refractivity contribution >= 4 is 41.3 Å². The van der Waals surface area contributed by atoms with Gasteiger partial charge >= 0.3 is 161 Å². The Bertz CT molecular complexity index is 468. The zero-order valence-electron chi connectivity index (χ0n) is 14.7. The van der Waals surface area contributed by atoms with E-state index in [9.17, 15) is 4.79 Å². The second kappa shape index (κ2) is 10.8. The molecule has 0 spiro atoms. The number of likely N-dealkylation sites (tertiary alicyclic amines) is 1. The molecule has 0 N–H and O–H groups in total. The maximum atomic E-state index is 12.3. The molecule has 2 rings (SSSR count). The molecule has 0 aromatic heterocycles. The molecule has 0 amide bonds. The summed E-state index contributed by atoms with van der Waals surface area (Å²) in [5.41, 5.74) is 0.846. The standard InChI is InChI=1S/C19H28NOS.In.2H/c1-2-3-4-5-6-10-14-20-15-13-18(16-20)22-19(21)17-11-8-7-9-12-17;;;/h7-9,11-12,14,18H,2-6,10,13,15-16H2,1H3;;;/t18-;;;/m0.../s1. The normalized spacial score (nSPS) is 19.8. The van der Waals surface area contributed by atoms with Crippen LogP contribution in [-0.2, 0) is 0 Å². The summed E-state index contributed by atoms with van der Waals surface area (Å²) in [6.45, 7) is 4.60. The molecular formula is C19H30InNOS. The van der Waals surface area contributed by atoms with E-state index in [1.165, 1.54) is 51.5 Å². The van der Waals surface area contributed by atoms with Gasteiger partial charge in [0.15, 0.2) is 0 Å². The van der Waals surface area contributed by atoms with E-state index in [1.54, 1.807) is 11.8 Å². The molecule has 4 heteroatoms. The summed E-state index contributed by atoms with van der Waals surface area (Å²) in [5.74, 6) is 0. The number of carbonyl (C=O) groups is 1. The van der Waals surface area contributed by atoms with Crippen LogP contribution in [0.2, 0.25) is 0 Å². The number of benzene rings is 1. The van der Waals surface area contributed by atoms with Crippen LogP contribution in [0.4, 0.5) is 0 Å². The molecule has 2 atom stereocenters. The Morgan fingerprint density at radius 2 is 2.00 bits per heavy atom. The Balaban J connectivity index is 1.68. The van der Waals surface area contributed by atoms with E-state index in [-0.39, 0.29) is 5.12 Å². The molecule has 23 heavy (non-hydrogen) atoms. The Morgan fingerprint density at radius 3 is 2.74 bits per heavy atom. The number of hydrogen-bond acceptors (Lipinski definition) is 3. The molecule has 1 heterocycles. The quantitative estimate of drug-likeness (QED) is 0.548. The third-order valence-electron chi connectivity index (χ3n) is 4.81. The minimum absolute atomic E-state index is 0.244. The summed E-state index contributed by atoms with van der Waals surface area (Å²) in [6, 6.07) is 9.72. The van der Waals surface area contributed by atoms with Gasteiger partial charge in [0.05, 0.1) is 0 Å². The number of rotatable bonds is 9. The zero-order valence-corrected chi connectivity index (χ0v) is 21.2. The van der Waals surface area contributed by atoms with Crippen molar-refractivity contribution in [3.63, 3.8) is 0 Å². The number of carbonyl (C=O) groups excluding carboxylic acids is 1. The number of nitrogens with zero attached hydrogens (tertiary/aromatic N) is 1. The first-order valence-electron chi connectivity index (χ1n) is 9.20. The topological polar surface area (TPSA) is 20.3 Å². The Labute approximate surface area is 160 Å². The number of thioether (sulfide) groups is 1. The van der Waals surface area contributed by atoms with Gasteiger partial charge in [0.25, 0.3) is 0 Å². The molecule has 1 aliphatic heterocycles. The van der Waals surface area contributed by atoms with Crippen LogP contribution in [0.15, 0.2) is 30.3 Å². The van der Waals surface area contributed by atoms with Crippen molar-refractivity contribution < 1.29 is 4.79 Å². The summed E-state index contributed by atoms with van der Waals surface area (Å²) in [4.78, 5) is 15.0. The van der Waals surface area contributed by atoms with Crippen molar-refractivity contribution in [1.29, 1.82) is 0 Å². The SMILES string of the molecule is CCCCCCC[CH]([InH2])N1CC[C@H](SC(=O)c2ccccc2)C1. The monoisotopic (exact) mass is 435 g/mol. The Morgan fingerprint density at radius 1 is 1.26 bits per heavy atom. The van der Waals surface area contributed by atoms with Gasteiger partial charge in [0.2, 0.25) is 0 Å². The molecule has 126 valence electrons. The summed E-state index contributed by atoms with van der Waals surface area (Å²) < 4.78 is 0.871. The van der Waals surface area contributed by atoms with Gasteiger partial charge in [-0.1, -0.05) is 0 Å². The first kappa shape index (κ1) is 19.4. The van der Waals surface area contributed by atoms with Crippen LogP contribution < -0.4 is 0 Å². The molecule has 1 fully saturated rings. The van der Waals surface area contributed by atoms with Crippen LogP contribution in [0.1, 0.15) is 62.2 Å². The summed E-state index contributed by atoms with van der Waals surface area (Å²) in [7, 11) is 0. The van der Waals surface area contributed by atoms with Crippen molar-refractivity contribution in [1.82, 2.24) is 4.90 Å². The predicted octanol–water partition coefficient (Wildman–Crippen LogP) is 3.95. The van der Waals surface area contributed by atoms with Crippen LogP contribution in [0.3, 0.4) is 0 Å². The summed E-state index contributed by atoms with van der Waals surface area (Å²) >= 11 is 2.24. The second-order valence-corrected chi connectivity index (χ2v) is 11.8. The van der Waals surface area contributed by atoms with Crippen LogP contribution >= 0.6 is 11.8 Å². The van der Waals surface area contributed by atoms with Crippen molar-refractivity contribution in [2.24, 2.45) is 0 Å². The minimum atomic E-state index is 0.244. The molecule has 2 nitrogen and oxygen atoms in total. The van der Waals surface area contributed by atoms with E-state index in [0.717, 1.165) is 15.9 Å². The van der Waals surface area contributed by atoms with Gasteiger partial charge in [-0.15, -0.1) is 0 Å². The molecule has 0 aliphatic carbocycles. The third-order valence-corrected chi connectivity index (χ3v) is 9.71. The van der Waals surface area contributed by atoms with Crippen LogP contribution in [0, 0.1) is 0 Å². The van der Waals surface area contributed by atoms with Crippen LogP contribution in [0.5, 0.6) is 0 Å². The molecule has 0 bridgehead atoms. The number of unbranched alkanes of at least 4 members (excludes halogenated alkanes) is 4. The second-order valence-electron chi connectivity index (χ2n) is 6.73. The predicted molar refractivity (Wildman–Crippen MR) is 104 cm³/mol. The number of hydrogen-bond donors (Lipinski definition) is 0. The fraction of sp³-hybridized carbons (Fsp3) is 0.632. The molecule has 0 saturated carbocycles. The van der Waals surface area contributed by atoms with E-state index >= 15 is 0 Å². The summed E-state index contributed by atoms with van der Waals surface area (Å²) in [5, 5.41) is 0.740. The van der Waals surface area contributed by atoms with E-state index in [2.05, 4.69) is 11.8 Å². The molecular weight excluding hydrogens is 405 g/mol. The van der Waals surface area contributed by atoms with Gasteiger partial charge in [-0.25, -0.2) is 0 Å². The first-order valence-corrected chi connectivity index (χ1v) is 13.4. The van der Waals surface area contributed by atoms with E-state index in [0.29, 0.717) is 29.6 Å². The molecule has 1 unspecified atom stereocenters. The van der Waals surface area contributed by atoms with Gasteiger partial charge < -0.3 is 0 Å². The van der Waals surface area contributed by atoms with Gasteiger partial charge in [0, 0.05) is 0 Å². The summed E-state index contributed by atoms with van der Waals surface area (Å²) in [6.07, 6.45) is 9.50. The van der Waals surface area contributed by atoms with Gasteiger partial charge in [-0.2, -0.15) is 0 Å². The van der Waals surface area contributed by atoms with E-state index in [1.807, 2.05) is 30.3 Å². The average molecular weight is 435 g/mol. The Hall–Kier alpha value is 0.0701.